The molecule has 0 aliphatic carbocycles. The fourth-order valence-electron chi connectivity index (χ4n) is 3.54. The Hall–Kier alpha value is -4.24. The minimum atomic E-state index is -1.07. The first-order valence-electron chi connectivity index (χ1n) is 10.6. The van der Waals surface area contributed by atoms with Gasteiger partial charge in [0.2, 0.25) is 5.82 Å². The molecule has 0 amide bonds. The molecule has 5 aromatic rings. The molecule has 0 aliphatic heterocycles. The monoisotopic (exact) mass is 531 g/mol. The first-order valence-corrected chi connectivity index (χ1v) is 11.4. The molecule has 5 rings (SSSR count). The molecule has 1 N–H and O–H groups in total. The van der Waals surface area contributed by atoms with E-state index < -0.39 is 12.1 Å². The molecule has 8 nitrogen and oxygen atoms in total. The molecule has 3 aromatic carbocycles. The van der Waals surface area contributed by atoms with Crippen molar-refractivity contribution in [1.29, 1.82) is 0 Å². The molecule has 0 spiro atoms. The number of ether oxygens (including phenoxy) is 1. The average molecular weight is 532 g/mol. The van der Waals surface area contributed by atoms with Crippen molar-refractivity contribution in [2.24, 2.45) is 5.10 Å². The lowest BCUT2D eigenvalue weighted by Gasteiger charge is -2.12. The summed E-state index contributed by atoms with van der Waals surface area (Å²) in [6, 6.07) is 21.5. The second-order valence-electron chi connectivity index (χ2n) is 7.75. The minimum Gasteiger partial charge on any atom is -0.479 e. The number of furan rings is 1. The molecule has 1 atom stereocenters. The average Bonchev–Trinajstić information content (AvgIpc) is 3.29. The number of aliphatic carboxylic acids is 1. The van der Waals surface area contributed by atoms with Crippen LogP contribution in [0.3, 0.4) is 0 Å². The molecule has 0 aliphatic rings. The number of benzene rings is 3. The number of carboxylic acids is 1. The number of hydrogen-bond acceptors (Lipinski definition) is 6. The van der Waals surface area contributed by atoms with Crippen LogP contribution in [0.4, 0.5) is 0 Å². The van der Waals surface area contributed by atoms with Crippen LogP contribution in [-0.2, 0) is 4.79 Å². The van der Waals surface area contributed by atoms with E-state index in [0.717, 1.165) is 5.39 Å². The van der Waals surface area contributed by atoms with Crippen molar-refractivity contribution in [2.45, 2.75) is 13.0 Å². The Balaban J connectivity index is 1.59. The molecule has 0 saturated carbocycles. The van der Waals surface area contributed by atoms with Gasteiger partial charge < -0.3 is 14.3 Å². The van der Waals surface area contributed by atoms with Crippen LogP contribution in [0.15, 0.2) is 91.6 Å². The number of halogens is 1. The van der Waals surface area contributed by atoms with Gasteiger partial charge in [-0.3, -0.25) is 4.79 Å². The third kappa shape index (κ3) is 4.45. The second-order valence-corrected chi connectivity index (χ2v) is 8.61. The van der Waals surface area contributed by atoms with E-state index in [1.54, 1.807) is 36.4 Å². The van der Waals surface area contributed by atoms with Gasteiger partial charge in [-0.2, -0.15) is 9.78 Å². The number of fused-ring (bicyclic) bond motifs is 2. The molecule has 0 bridgehead atoms. The molecule has 0 unspecified atom stereocenters. The van der Waals surface area contributed by atoms with Gasteiger partial charge in [0.15, 0.2) is 11.9 Å². The molecular formula is C26H18BrN3O5. The molecule has 2 heterocycles. The van der Waals surface area contributed by atoms with Crippen molar-refractivity contribution in [3.05, 3.63) is 93.2 Å². The summed E-state index contributed by atoms with van der Waals surface area (Å²) in [6.07, 6.45) is 0.513. The van der Waals surface area contributed by atoms with Crippen LogP contribution in [0.25, 0.3) is 33.5 Å². The van der Waals surface area contributed by atoms with Crippen LogP contribution in [0.2, 0.25) is 0 Å². The quantitative estimate of drug-likeness (QED) is 0.297. The summed E-state index contributed by atoms with van der Waals surface area (Å²) >= 11 is 3.39. The third-order valence-corrected chi connectivity index (χ3v) is 5.95. The Morgan fingerprint density at radius 3 is 2.69 bits per heavy atom. The number of carboxylic acid groups (broad SMARTS) is 1. The maximum atomic E-state index is 13.3. The van der Waals surface area contributed by atoms with Crippen molar-refractivity contribution in [3.8, 4) is 17.3 Å². The van der Waals surface area contributed by atoms with Crippen molar-refractivity contribution in [3.63, 3.8) is 0 Å². The van der Waals surface area contributed by atoms with E-state index in [1.807, 2.05) is 36.4 Å². The van der Waals surface area contributed by atoms with Crippen molar-refractivity contribution in [2.75, 3.05) is 0 Å². The first kappa shape index (κ1) is 22.5. The Bertz CT molecular complexity index is 1640. The summed E-state index contributed by atoms with van der Waals surface area (Å²) in [6.45, 7) is 1.45. The molecule has 0 saturated heterocycles. The zero-order chi connectivity index (χ0) is 24.5. The molecule has 174 valence electrons. The molecule has 0 fully saturated rings. The SMILES string of the molecule is C[C@H](Oc1ccc(C=Nn2c(-c3cc4ccccc4o3)nc3ccccc3c2=O)cc1Br)C(=O)O. The predicted octanol–water partition coefficient (Wildman–Crippen LogP) is 5.31. The number of para-hydroxylation sites is 2. The second kappa shape index (κ2) is 9.19. The number of aromatic nitrogens is 2. The third-order valence-electron chi connectivity index (χ3n) is 5.33. The van der Waals surface area contributed by atoms with Crippen LogP contribution in [0.5, 0.6) is 5.75 Å². The normalized spacial score (nSPS) is 12.4. The number of carbonyl (C=O) groups is 1. The Kier molecular flexibility index (Phi) is 5.92. The summed E-state index contributed by atoms with van der Waals surface area (Å²) in [7, 11) is 0. The molecular weight excluding hydrogens is 514 g/mol. The van der Waals surface area contributed by atoms with E-state index in [4.69, 9.17) is 14.3 Å². The van der Waals surface area contributed by atoms with Gasteiger partial charge in [0.05, 0.1) is 21.6 Å². The van der Waals surface area contributed by atoms with Crippen LogP contribution in [0, 0.1) is 0 Å². The molecule has 9 heteroatoms. The number of nitrogens with zero attached hydrogens (tertiary/aromatic N) is 3. The standard InChI is InChI=1S/C26H18BrN3O5/c1-15(26(32)33)34-22-11-10-16(12-19(22)27)14-28-30-24(23-13-17-6-2-5-9-21(17)35-23)29-20-8-4-3-7-18(20)25(30)31/h2-15H,1H3,(H,32,33)/t15-/m0/s1. The minimum absolute atomic E-state index is 0.274. The summed E-state index contributed by atoms with van der Waals surface area (Å²) in [4.78, 5) is 29.1. The van der Waals surface area contributed by atoms with Crippen molar-refractivity contribution < 1.29 is 19.1 Å². The van der Waals surface area contributed by atoms with Crippen molar-refractivity contribution >= 4 is 50.0 Å². The van der Waals surface area contributed by atoms with Crippen LogP contribution >= 0.6 is 15.9 Å². The largest absolute Gasteiger partial charge is 0.479 e. The summed E-state index contributed by atoms with van der Waals surface area (Å²) < 4.78 is 13.2. The van der Waals surface area contributed by atoms with Gasteiger partial charge in [0.1, 0.15) is 11.3 Å². The van der Waals surface area contributed by atoms with Gasteiger partial charge in [-0.15, -0.1) is 0 Å². The Morgan fingerprint density at radius 1 is 1.14 bits per heavy atom. The smallest absolute Gasteiger partial charge is 0.344 e. The van der Waals surface area contributed by atoms with Crippen molar-refractivity contribution in [1.82, 2.24) is 9.66 Å². The lowest BCUT2D eigenvalue weighted by Crippen LogP contribution is -2.23. The van der Waals surface area contributed by atoms with Gasteiger partial charge in [-0.05, 0) is 70.9 Å². The van der Waals surface area contributed by atoms with Crippen LogP contribution < -0.4 is 10.3 Å². The summed E-state index contributed by atoms with van der Waals surface area (Å²) in [5, 5.41) is 14.8. The van der Waals surface area contributed by atoms with Gasteiger partial charge in [0.25, 0.3) is 5.56 Å². The topological polar surface area (TPSA) is 107 Å². The highest BCUT2D eigenvalue weighted by Gasteiger charge is 2.17. The maximum absolute atomic E-state index is 13.3. The van der Waals surface area contributed by atoms with Gasteiger partial charge >= 0.3 is 5.97 Å². The fourth-order valence-corrected chi connectivity index (χ4v) is 4.03. The van der Waals surface area contributed by atoms with E-state index in [1.165, 1.54) is 17.8 Å². The highest BCUT2D eigenvalue weighted by Crippen LogP contribution is 2.28. The lowest BCUT2D eigenvalue weighted by atomic mass is 10.2. The van der Waals surface area contributed by atoms with E-state index in [-0.39, 0.29) is 11.4 Å². The maximum Gasteiger partial charge on any atom is 0.344 e. The highest BCUT2D eigenvalue weighted by atomic mass is 79.9. The fraction of sp³-hybridized carbons (Fsp3) is 0.0769. The van der Waals surface area contributed by atoms with Crippen LogP contribution in [-0.4, -0.2) is 33.1 Å². The Morgan fingerprint density at radius 2 is 1.91 bits per heavy atom. The lowest BCUT2D eigenvalue weighted by molar-refractivity contribution is -0.144. The first-order chi connectivity index (χ1) is 16.9. The van der Waals surface area contributed by atoms with E-state index in [2.05, 4.69) is 26.0 Å². The van der Waals surface area contributed by atoms with Gasteiger partial charge in [-0.1, -0.05) is 30.3 Å². The molecule has 2 aromatic heterocycles. The highest BCUT2D eigenvalue weighted by molar-refractivity contribution is 9.10. The number of rotatable bonds is 6. The van der Waals surface area contributed by atoms with Gasteiger partial charge in [0, 0.05) is 5.39 Å². The summed E-state index contributed by atoms with van der Waals surface area (Å²) in [5.41, 5.74) is 1.53. The number of hydrogen-bond donors (Lipinski definition) is 1. The zero-order valence-corrected chi connectivity index (χ0v) is 20.0. The van der Waals surface area contributed by atoms with Gasteiger partial charge in [-0.25, -0.2) is 9.78 Å². The Labute approximate surface area is 207 Å². The van der Waals surface area contributed by atoms with E-state index in [0.29, 0.717) is 38.0 Å². The molecule has 35 heavy (non-hydrogen) atoms. The van der Waals surface area contributed by atoms with E-state index in [9.17, 15) is 9.59 Å². The van der Waals surface area contributed by atoms with Crippen LogP contribution in [0.1, 0.15) is 12.5 Å². The van der Waals surface area contributed by atoms with E-state index >= 15 is 0 Å². The molecule has 0 radical (unpaired) electrons. The predicted molar refractivity (Wildman–Crippen MR) is 136 cm³/mol. The summed E-state index contributed by atoms with van der Waals surface area (Å²) in [5.74, 6) is 0.00244. The zero-order valence-electron chi connectivity index (χ0n) is 18.4.